The van der Waals surface area contributed by atoms with E-state index in [0.29, 0.717) is 6.04 Å². The van der Waals surface area contributed by atoms with E-state index in [1.807, 2.05) is 6.07 Å². The highest BCUT2D eigenvalue weighted by Gasteiger charge is 2.17. The minimum absolute atomic E-state index is 0.146. The lowest BCUT2D eigenvalue weighted by atomic mass is 10.1. The van der Waals surface area contributed by atoms with Crippen LogP contribution in [0.3, 0.4) is 0 Å². The van der Waals surface area contributed by atoms with Crippen LogP contribution in [0, 0.1) is 5.82 Å². The molecule has 82 valence electrons. The average Bonchev–Trinajstić information content (AvgIpc) is 2.70. The second-order valence-electron chi connectivity index (χ2n) is 4.42. The molecule has 1 fully saturated rings. The van der Waals surface area contributed by atoms with Crippen molar-refractivity contribution in [3.8, 4) is 0 Å². The summed E-state index contributed by atoms with van der Waals surface area (Å²) in [5, 5.41) is 3.56. The maximum absolute atomic E-state index is 13.0. The van der Waals surface area contributed by atoms with E-state index in [2.05, 4.69) is 12.2 Å². The molecule has 1 atom stereocenters. The molecule has 0 bridgehead atoms. The van der Waals surface area contributed by atoms with Gasteiger partial charge in [-0.25, -0.2) is 4.39 Å². The molecule has 0 spiro atoms. The van der Waals surface area contributed by atoms with Crippen LogP contribution < -0.4 is 5.32 Å². The molecule has 1 N–H and O–H groups in total. The Kier molecular flexibility index (Phi) is 3.37. The molecular weight excluding hydrogens is 189 g/mol. The fourth-order valence-corrected chi connectivity index (χ4v) is 2.32. The predicted octanol–water partition coefficient (Wildman–Crippen LogP) is 3.42. The standard InChI is InChI=1S/C13H18FN/c1-10(15-13-7-2-3-8-13)11-5-4-6-12(14)9-11/h4-6,9-10,13,15H,2-3,7-8H2,1H3/t10-/m0/s1. The van der Waals surface area contributed by atoms with Gasteiger partial charge in [0, 0.05) is 12.1 Å². The Morgan fingerprint density at radius 1 is 1.33 bits per heavy atom. The van der Waals surface area contributed by atoms with Gasteiger partial charge < -0.3 is 5.32 Å². The summed E-state index contributed by atoms with van der Waals surface area (Å²) in [6, 6.07) is 7.75. The lowest BCUT2D eigenvalue weighted by molar-refractivity contribution is 0.459. The summed E-state index contributed by atoms with van der Waals surface area (Å²) in [6.45, 7) is 2.10. The molecule has 1 nitrogen and oxygen atoms in total. The van der Waals surface area contributed by atoms with Crippen LogP contribution in [-0.2, 0) is 0 Å². The van der Waals surface area contributed by atoms with E-state index in [9.17, 15) is 4.39 Å². The maximum Gasteiger partial charge on any atom is 0.123 e. The number of hydrogen-bond donors (Lipinski definition) is 1. The van der Waals surface area contributed by atoms with Crippen LogP contribution in [0.15, 0.2) is 24.3 Å². The Labute approximate surface area is 90.7 Å². The quantitative estimate of drug-likeness (QED) is 0.800. The first-order valence-corrected chi connectivity index (χ1v) is 5.77. The Balaban J connectivity index is 1.97. The second kappa shape index (κ2) is 4.75. The fraction of sp³-hybridized carbons (Fsp3) is 0.538. The summed E-state index contributed by atoms with van der Waals surface area (Å²) in [6.07, 6.45) is 5.18. The third-order valence-corrected chi connectivity index (χ3v) is 3.19. The molecule has 1 saturated carbocycles. The normalized spacial score (nSPS) is 19.3. The SMILES string of the molecule is C[C@H](NC1CCCC1)c1cccc(F)c1. The molecule has 1 aliphatic rings. The van der Waals surface area contributed by atoms with Crippen molar-refractivity contribution in [3.63, 3.8) is 0 Å². The zero-order valence-electron chi connectivity index (χ0n) is 9.17. The topological polar surface area (TPSA) is 12.0 Å². The molecular formula is C13H18FN. The van der Waals surface area contributed by atoms with Crippen molar-refractivity contribution < 1.29 is 4.39 Å². The lowest BCUT2D eigenvalue weighted by Crippen LogP contribution is -2.28. The van der Waals surface area contributed by atoms with Crippen LogP contribution in [-0.4, -0.2) is 6.04 Å². The molecule has 1 aromatic carbocycles. The summed E-state index contributed by atoms with van der Waals surface area (Å²) >= 11 is 0. The van der Waals surface area contributed by atoms with Gasteiger partial charge in [0.2, 0.25) is 0 Å². The van der Waals surface area contributed by atoms with E-state index in [1.54, 1.807) is 12.1 Å². The summed E-state index contributed by atoms with van der Waals surface area (Å²) in [7, 11) is 0. The summed E-state index contributed by atoms with van der Waals surface area (Å²) < 4.78 is 13.0. The fourth-order valence-electron chi connectivity index (χ4n) is 2.32. The number of halogens is 1. The van der Waals surface area contributed by atoms with E-state index in [-0.39, 0.29) is 11.9 Å². The van der Waals surface area contributed by atoms with Gasteiger partial charge in [-0.3, -0.25) is 0 Å². The third-order valence-electron chi connectivity index (χ3n) is 3.19. The predicted molar refractivity (Wildman–Crippen MR) is 60.2 cm³/mol. The third kappa shape index (κ3) is 2.78. The molecule has 0 amide bonds. The largest absolute Gasteiger partial charge is 0.307 e. The zero-order chi connectivity index (χ0) is 10.7. The monoisotopic (exact) mass is 207 g/mol. The van der Waals surface area contributed by atoms with Crippen LogP contribution in [0.4, 0.5) is 4.39 Å². The highest BCUT2D eigenvalue weighted by Crippen LogP contribution is 2.22. The Morgan fingerprint density at radius 2 is 2.07 bits per heavy atom. The maximum atomic E-state index is 13.0. The molecule has 0 saturated heterocycles. The molecule has 15 heavy (non-hydrogen) atoms. The molecule has 2 heteroatoms. The first-order chi connectivity index (χ1) is 7.25. The van der Waals surface area contributed by atoms with Crippen molar-refractivity contribution in [2.75, 3.05) is 0 Å². The van der Waals surface area contributed by atoms with Gasteiger partial charge in [0.1, 0.15) is 5.82 Å². The molecule has 0 radical (unpaired) electrons. The van der Waals surface area contributed by atoms with E-state index >= 15 is 0 Å². The smallest absolute Gasteiger partial charge is 0.123 e. The molecule has 2 rings (SSSR count). The molecule has 0 unspecified atom stereocenters. The van der Waals surface area contributed by atoms with Gasteiger partial charge in [-0.1, -0.05) is 25.0 Å². The molecule has 1 aromatic rings. The Hall–Kier alpha value is -0.890. The van der Waals surface area contributed by atoms with Gasteiger partial charge in [0.25, 0.3) is 0 Å². The van der Waals surface area contributed by atoms with Crippen molar-refractivity contribution >= 4 is 0 Å². The van der Waals surface area contributed by atoms with Crippen molar-refractivity contribution in [2.45, 2.75) is 44.7 Å². The first kappa shape index (κ1) is 10.6. The number of rotatable bonds is 3. The molecule has 0 heterocycles. The van der Waals surface area contributed by atoms with Crippen molar-refractivity contribution in [1.82, 2.24) is 5.32 Å². The molecule has 1 aliphatic carbocycles. The lowest BCUT2D eigenvalue weighted by Gasteiger charge is -2.19. The van der Waals surface area contributed by atoms with Gasteiger partial charge in [-0.2, -0.15) is 0 Å². The van der Waals surface area contributed by atoms with E-state index in [1.165, 1.54) is 31.7 Å². The second-order valence-corrected chi connectivity index (χ2v) is 4.42. The molecule has 0 aromatic heterocycles. The van der Waals surface area contributed by atoms with E-state index in [0.717, 1.165) is 5.56 Å². The molecule has 0 aliphatic heterocycles. The van der Waals surface area contributed by atoms with E-state index in [4.69, 9.17) is 0 Å². The Morgan fingerprint density at radius 3 is 2.73 bits per heavy atom. The van der Waals surface area contributed by atoms with E-state index < -0.39 is 0 Å². The minimum Gasteiger partial charge on any atom is -0.307 e. The van der Waals surface area contributed by atoms with Crippen LogP contribution in [0.2, 0.25) is 0 Å². The van der Waals surface area contributed by atoms with Gasteiger partial charge in [-0.15, -0.1) is 0 Å². The minimum atomic E-state index is -0.146. The Bertz CT molecular complexity index is 318. The summed E-state index contributed by atoms with van der Waals surface area (Å²) in [5.74, 6) is -0.146. The number of nitrogens with one attached hydrogen (secondary N) is 1. The van der Waals surface area contributed by atoms with Crippen LogP contribution in [0.25, 0.3) is 0 Å². The van der Waals surface area contributed by atoms with Gasteiger partial charge in [0.15, 0.2) is 0 Å². The first-order valence-electron chi connectivity index (χ1n) is 5.77. The zero-order valence-corrected chi connectivity index (χ0v) is 9.17. The summed E-state index contributed by atoms with van der Waals surface area (Å²) in [5.41, 5.74) is 1.04. The average molecular weight is 207 g/mol. The van der Waals surface area contributed by atoms with Crippen LogP contribution >= 0.6 is 0 Å². The number of hydrogen-bond acceptors (Lipinski definition) is 1. The summed E-state index contributed by atoms with van der Waals surface area (Å²) in [4.78, 5) is 0. The number of benzene rings is 1. The van der Waals surface area contributed by atoms with Gasteiger partial charge in [0.05, 0.1) is 0 Å². The van der Waals surface area contributed by atoms with Crippen molar-refractivity contribution in [2.24, 2.45) is 0 Å². The van der Waals surface area contributed by atoms with Crippen LogP contribution in [0.1, 0.15) is 44.2 Å². The highest BCUT2D eigenvalue weighted by atomic mass is 19.1. The van der Waals surface area contributed by atoms with Gasteiger partial charge in [-0.05, 0) is 37.5 Å². The van der Waals surface area contributed by atoms with Crippen LogP contribution in [0.5, 0.6) is 0 Å². The highest BCUT2D eigenvalue weighted by molar-refractivity contribution is 5.19. The van der Waals surface area contributed by atoms with Gasteiger partial charge >= 0.3 is 0 Å². The van der Waals surface area contributed by atoms with Crippen molar-refractivity contribution in [3.05, 3.63) is 35.6 Å². The van der Waals surface area contributed by atoms with Crippen molar-refractivity contribution in [1.29, 1.82) is 0 Å².